The number of halogens is 2. The molecule has 5 rings (SSSR count). The van der Waals surface area contributed by atoms with Gasteiger partial charge < -0.3 is 5.32 Å². The maximum absolute atomic E-state index is 13.1. The lowest BCUT2D eigenvalue weighted by atomic mass is 9.90. The molecule has 0 radical (unpaired) electrons. The predicted octanol–water partition coefficient (Wildman–Crippen LogP) is 6.31. The van der Waals surface area contributed by atoms with Crippen LogP contribution in [-0.2, 0) is 11.1 Å². The normalized spacial score (nSPS) is 18.1. The number of para-hydroxylation sites is 1. The van der Waals surface area contributed by atoms with Crippen molar-refractivity contribution in [3.05, 3.63) is 69.3 Å². The van der Waals surface area contributed by atoms with Crippen molar-refractivity contribution in [1.29, 1.82) is 0 Å². The van der Waals surface area contributed by atoms with Gasteiger partial charge in [0.1, 0.15) is 5.03 Å². The smallest absolute Gasteiger partial charge is 0.263 e. The maximum atomic E-state index is 13.1. The summed E-state index contributed by atoms with van der Waals surface area (Å²) in [6, 6.07) is 11.5. The molecule has 1 amide bonds. The van der Waals surface area contributed by atoms with Crippen molar-refractivity contribution in [2.75, 3.05) is 16.1 Å². The van der Waals surface area contributed by atoms with E-state index in [1.54, 1.807) is 29.3 Å². The number of aromatic nitrogens is 2. The highest BCUT2D eigenvalue weighted by molar-refractivity contribution is 7.99. The average molecular weight is 500 g/mol. The summed E-state index contributed by atoms with van der Waals surface area (Å²) in [5.41, 5.74) is 4.12. The van der Waals surface area contributed by atoms with Gasteiger partial charge in [0.15, 0.2) is 0 Å². The van der Waals surface area contributed by atoms with Crippen LogP contribution < -0.4 is 15.5 Å². The fraction of sp³-hybridized carbons (Fsp3) is 0.292. The van der Waals surface area contributed by atoms with E-state index >= 15 is 0 Å². The molecule has 6 nitrogen and oxygen atoms in total. The van der Waals surface area contributed by atoms with Gasteiger partial charge in [-0.05, 0) is 63.1 Å². The van der Waals surface area contributed by atoms with Crippen LogP contribution in [-0.4, -0.2) is 21.8 Å². The Morgan fingerprint density at radius 3 is 2.48 bits per heavy atom. The highest BCUT2D eigenvalue weighted by Gasteiger charge is 2.41. The van der Waals surface area contributed by atoms with E-state index in [1.807, 2.05) is 6.07 Å². The van der Waals surface area contributed by atoms with Gasteiger partial charge in [0, 0.05) is 23.0 Å². The number of fused-ring (bicyclic) bond motifs is 2. The Morgan fingerprint density at radius 1 is 1.06 bits per heavy atom. The monoisotopic (exact) mass is 499 g/mol. The van der Waals surface area contributed by atoms with Gasteiger partial charge in [0.25, 0.3) is 5.91 Å². The molecule has 9 heteroatoms. The fourth-order valence-electron chi connectivity index (χ4n) is 4.65. The van der Waals surface area contributed by atoms with E-state index in [9.17, 15) is 4.79 Å². The number of hydrogen-bond donors (Lipinski definition) is 2. The van der Waals surface area contributed by atoms with Crippen LogP contribution in [0, 0.1) is 0 Å². The number of benzene rings is 2. The third-order valence-corrected chi connectivity index (χ3v) is 7.60. The summed E-state index contributed by atoms with van der Waals surface area (Å²) in [6.45, 7) is 8.74. The van der Waals surface area contributed by atoms with Crippen LogP contribution in [0.25, 0.3) is 0 Å². The van der Waals surface area contributed by atoms with Gasteiger partial charge in [0.2, 0.25) is 5.95 Å². The minimum Gasteiger partial charge on any atom is -0.324 e. The second kappa shape index (κ2) is 7.87. The quantitative estimate of drug-likeness (QED) is 0.411. The minimum absolute atomic E-state index is 0.0902. The van der Waals surface area contributed by atoms with E-state index < -0.39 is 0 Å². The summed E-state index contributed by atoms with van der Waals surface area (Å²) in [5.74, 6) is 0.582. The van der Waals surface area contributed by atoms with E-state index in [2.05, 4.69) is 60.4 Å². The van der Waals surface area contributed by atoms with Crippen LogP contribution in [0.4, 0.5) is 17.3 Å². The van der Waals surface area contributed by atoms with Crippen molar-refractivity contribution in [1.82, 2.24) is 15.3 Å². The van der Waals surface area contributed by atoms with Crippen molar-refractivity contribution in [3.8, 4) is 0 Å². The van der Waals surface area contributed by atoms with E-state index in [0.717, 1.165) is 5.69 Å². The van der Waals surface area contributed by atoms with Crippen molar-refractivity contribution < 1.29 is 4.79 Å². The van der Waals surface area contributed by atoms with Crippen LogP contribution in [0.15, 0.2) is 47.6 Å². The Balaban J connectivity index is 1.42. The standard InChI is InChI=1S/C24H23Cl2N5OS/c1-23(2)15-9-8-13(10-16(15)24(3,4)30-23)28-22-27-11-14-20(29-22)33-12-31(21(14)32)19-17(25)6-5-7-18(19)26/h5-11,30H,12H2,1-4H3,(H,27,28,29). The van der Waals surface area contributed by atoms with E-state index in [-0.39, 0.29) is 17.0 Å². The summed E-state index contributed by atoms with van der Waals surface area (Å²) < 4.78 is 0. The number of amides is 1. The molecule has 0 fully saturated rings. The number of nitrogens with zero attached hydrogens (tertiary/aromatic N) is 3. The second-order valence-corrected chi connectivity index (χ2v) is 11.0. The molecule has 2 N–H and O–H groups in total. The third kappa shape index (κ3) is 3.87. The van der Waals surface area contributed by atoms with Gasteiger partial charge in [-0.3, -0.25) is 15.0 Å². The van der Waals surface area contributed by atoms with Crippen LogP contribution in [0.1, 0.15) is 49.2 Å². The Morgan fingerprint density at radius 2 is 1.76 bits per heavy atom. The molecule has 170 valence electrons. The van der Waals surface area contributed by atoms with Gasteiger partial charge in [-0.1, -0.05) is 47.1 Å². The Kier molecular flexibility index (Phi) is 5.36. The van der Waals surface area contributed by atoms with Gasteiger partial charge >= 0.3 is 0 Å². The number of anilines is 3. The summed E-state index contributed by atoms with van der Waals surface area (Å²) in [4.78, 5) is 23.7. The zero-order valence-corrected chi connectivity index (χ0v) is 21.0. The first-order chi connectivity index (χ1) is 15.6. The molecule has 0 atom stereocenters. The van der Waals surface area contributed by atoms with Gasteiger partial charge in [-0.2, -0.15) is 0 Å². The molecule has 3 aromatic rings. The average Bonchev–Trinajstić information content (AvgIpc) is 2.93. The minimum atomic E-state index is -0.224. The van der Waals surface area contributed by atoms with Gasteiger partial charge in [-0.15, -0.1) is 0 Å². The zero-order valence-electron chi connectivity index (χ0n) is 18.7. The first-order valence-corrected chi connectivity index (χ1v) is 12.3. The number of carbonyl (C=O) groups excluding carboxylic acids is 1. The lowest BCUT2D eigenvalue weighted by molar-refractivity contribution is 0.0985. The largest absolute Gasteiger partial charge is 0.324 e. The number of thioether (sulfide) groups is 1. The van der Waals surface area contributed by atoms with Crippen LogP contribution >= 0.6 is 35.0 Å². The van der Waals surface area contributed by atoms with Crippen LogP contribution in [0.3, 0.4) is 0 Å². The molecule has 0 unspecified atom stereocenters. The maximum Gasteiger partial charge on any atom is 0.263 e. The predicted molar refractivity (Wildman–Crippen MR) is 135 cm³/mol. The highest BCUT2D eigenvalue weighted by atomic mass is 35.5. The third-order valence-electron chi connectivity index (χ3n) is 6.01. The topological polar surface area (TPSA) is 70.2 Å². The summed E-state index contributed by atoms with van der Waals surface area (Å²) in [7, 11) is 0. The van der Waals surface area contributed by atoms with Crippen LogP contribution in [0.2, 0.25) is 10.0 Å². The SMILES string of the molecule is CC1(C)NC(C)(C)c2cc(Nc3ncc4c(n3)SCN(c3c(Cl)cccc3Cl)C4=O)ccc21. The molecule has 0 aliphatic carbocycles. The lowest BCUT2D eigenvalue weighted by Gasteiger charge is -2.28. The molecule has 0 bridgehead atoms. The molecule has 0 saturated heterocycles. The van der Waals surface area contributed by atoms with Crippen molar-refractivity contribution in [3.63, 3.8) is 0 Å². The Hall–Kier alpha value is -2.32. The molecule has 0 saturated carbocycles. The molecule has 2 aromatic carbocycles. The molecule has 33 heavy (non-hydrogen) atoms. The lowest BCUT2D eigenvalue weighted by Crippen LogP contribution is -2.39. The van der Waals surface area contributed by atoms with E-state index in [4.69, 9.17) is 23.2 Å². The molecular weight excluding hydrogens is 477 g/mol. The molecule has 3 heterocycles. The van der Waals surface area contributed by atoms with Crippen molar-refractivity contribution >= 4 is 58.2 Å². The zero-order chi connectivity index (χ0) is 23.5. The summed E-state index contributed by atoms with van der Waals surface area (Å²) in [5, 5.41) is 8.45. The number of carbonyl (C=O) groups is 1. The second-order valence-electron chi connectivity index (χ2n) is 9.25. The molecule has 1 aromatic heterocycles. The first kappa shape index (κ1) is 22.5. The van der Waals surface area contributed by atoms with Gasteiger partial charge in [0.05, 0.1) is 27.2 Å². The molecule has 2 aliphatic rings. The molecular formula is C24H23Cl2N5OS. The number of hydrogen-bond acceptors (Lipinski definition) is 6. The van der Waals surface area contributed by atoms with Gasteiger partial charge in [-0.25, -0.2) is 9.97 Å². The van der Waals surface area contributed by atoms with Crippen molar-refractivity contribution in [2.24, 2.45) is 0 Å². The van der Waals surface area contributed by atoms with E-state index in [0.29, 0.717) is 38.1 Å². The van der Waals surface area contributed by atoms with E-state index in [1.165, 1.54) is 22.9 Å². The Labute approximate surface area is 207 Å². The van der Waals surface area contributed by atoms with Crippen molar-refractivity contribution in [2.45, 2.75) is 43.8 Å². The number of rotatable bonds is 3. The number of nitrogens with one attached hydrogen (secondary N) is 2. The highest BCUT2D eigenvalue weighted by Crippen LogP contribution is 2.42. The summed E-state index contributed by atoms with van der Waals surface area (Å²) in [6.07, 6.45) is 1.55. The first-order valence-electron chi connectivity index (χ1n) is 10.5. The van der Waals surface area contributed by atoms with Crippen LogP contribution in [0.5, 0.6) is 0 Å². The molecule has 0 spiro atoms. The molecule has 2 aliphatic heterocycles. The summed E-state index contributed by atoms with van der Waals surface area (Å²) >= 11 is 14.1. The Bertz CT molecular complexity index is 1270. The fourth-order valence-corrected chi connectivity index (χ4v) is 6.20.